The number of nitrogens with two attached hydrogens (primary N) is 1. The first-order valence-electron chi connectivity index (χ1n) is 10.2. The normalized spacial score (nSPS) is 12.8. The third-order valence-electron chi connectivity index (χ3n) is 3.90. The average Bonchev–Trinajstić information content (AvgIpc) is 2.54. The molecular formula is C21H34N4O6Si. The number of aliphatic imine (C=N–C) groups is 1. The second kappa shape index (κ2) is 9.68. The van der Waals surface area contributed by atoms with E-state index in [1.807, 2.05) is 19.6 Å². The molecule has 0 aromatic heterocycles. The predicted octanol–water partition coefficient (Wildman–Crippen LogP) is 4.13. The van der Waals surface area contributed by atoms with E-state index in [9.17, 15) is 19.7 Å². The molecule has 178 valence electrons. The molecule has 1 aromatic carbocycles. The van der Waals surface area contributed by atoms with Gasteiger partial charge in [0.05, 0.1) is 19.5 Å². The molecule has 0 bridgehead atoms. The van der Waals surface area contributed by atoms with Crippen molar-refractivity contribution in [3.05, 3.63) is 33.9 Å². The highest BCUT2D eigenvalue weighted by atomic mass is 28.3. The number of hydrogen-bond donors (Lipinski definition) is 1. The molecule has 0 atom stereocenters. The number of carbonyl (C=O) groups is 2. The predicted molar refractivity (Wildman–Crippen MR) is 126 cm³/mol. The Hall–Kier alpha value is -2.95. The van der Waals surface area contributed by atoms with E-state index in [0.29, 0.717) is 10.8 Å². The SMILES string of the molecule is CC(C)(C)OC(=O)N=C(N)N(Cc1ccc([N+](=O)[O-])c([Si](C)(C)C)c1)C(=O)OC(C)(C)C. The Morgan fingerprint density at radius 1 is 1.09 bits per heavy atom. The second-order valence-electron chi connectivity index (χ2n) is 10.4. The Labute approximate surface area is 189 Å². The zero-order chi connectivity index (χ0) is 25.1. The van der Waals surface area contributed by atoms with Crippen LogP contribution >= 0.6 is 0 Å². The van der Waals surface area contributed by atoms with E-state index in [2.05, 4.69) is 4.99 Å². The second-order valence-corrected chi connectivity index (χ2v) is 15.4. The molecule has 0 aliphatic carbocycles. The number of nitro benzene ring substituents is 1. The van der Waals surface area contributed by atoms with Crippen molar-refractivity contribution >= 4 is 37.1 Å². The van der Waals surface area contributed by atoms with E-state index in [1.54, 1.807) is 53.7 Å². The molecule has 2 amide bonds. The van der Waals surface area contributed by atoms with E-state index >= 15 is 0 Å². The molecule has 0 fully saturated rings. The van der Waals surface area contributed by atoms with Gasteiger partial charge in [0.1, 0.15) is 11.2 Å². The quantitative estimate of drug-likeness (QED) is 0.231. The smallest absolute Gasteiger partial charge is 0.437 e. The fraction of sp³-hybridized carbons (Fsp3) is 0.571. The van der Waals surface area contributed by atoms with Crippen LogP contribution < -0.4 is 10.9 Å². The number of hydrogen-bond acceptors (Lipinski definition) is 6. The molecule has 0 saturated heterocycles. The van der Waals surface area contributed by atoms with Crippen molar-refractivity contribution in [1.29, 1.82) is 0 Å². The summed E-state index contributed by atoms with van der Waals surface area (Å²) in [6.45, 7) is 16.0. The van der Waals surface area contributed by atoms with Crippen LogP contribution in [0.3, 0.4) is 0 Å². The van der Waals surface area contributed by atoms with Gasteiger partial charge in [-0.25, -0.2) is 14.5 Å². The van der Waals surface area contributed by atoms with Gasteiger partial charge in [0.2, 0.25) is 5.96 Å². The molecule has 0 aliphatic rings. The van der Waals surface area contributed by atoms with Crippen molar-refractivity contribution in [2.24, 2.45) is 10.7 Å². The Kier molecular flexibility index (Phi) is 8.19. The molecular weight excluding hydrogens is 432 g/mol. The lowest BCUT2D eigenvalue weighted by atomic mass is 10.2. The van der Waals surface area contributed by atoms with Gasteiger partial charge in [-0.1, -0.05) is 31.8 Å². The Bertz CT molecular complexity index is 910. The summed E-state index contributed by atoms with van der Waals surface area (Å²) in [6.07, 6.45) is -1.76. The van der Waals surface area contributed by atoms with Crippen LogP contribution in [0.4, 0.5) is 15.3 Å². The number of carbonyl (C=O) groups excluding carboxylic acids is 2. The van der Waals surface area contributed by atoms with Crippen LogP contribution in [0.25, 0.3) is 0 Å². The molecule has 0 saturated carbocycles. The van der Waals surface area contributed by atoms with Crippen LogP contribution in [-0.4, -0.2) is 47.2 Å². The molecule has 1 rings (SSSR count). The first-order valence-corrected chi connectivity index (χ1v) is 13.7. The summed E-state index contributed by atoms with van der Waals surface area (Å²) < 4.78 is 10.6. The average molecular weight is 467 g/mol. The highest BCUT2D eigenvalue weighted by Crippen LogP contribution is 2.19. The number of benzene rings is 1. The summed E-state index contributed by atoms with van der Waals surface area (Å²) >= 11 is 0. The topological polar surface area (TPSA) is 137 Å². The summed E-state index contributed by atoms with van der Waals surface area (Å²) in [6, 6.07) is 4.65. The molecule has 10 nitrogen and oxygen atoms in total. The van der Waals surface area contributed by atoms with Gasteiger partial charge < -0.3 is 15.2 Å². The highest BCUT2D eigenvalue weighted by molar-refractivity contribution is 6.89. The van der Waals surface area contributed by atoms with Crippen LogP contribution in [0, 0.1) is 10.1 Å². The maximum Gasteiger partial charge on any atom is 0.437 e. The van der Waals surface area contributed by atoms with E-state index in [1.165, 1.54) is 6.07 Å². The first-order chi connectivity index (χ1) is 14.3. The zero-order valence-corrected chi connectivity index (χ0v) is 21.3. The minimum atomic E-state index is -2.08. The van der Waals surface area contributed by atoms with E-state index < -0.39 is 42.3 Å². The summed E-state index contributed by atoms with van der Waals surface area (Å²) in [5.74, 6) is -0.401. The summed E-state index contributed by atoms with van der Waals surface area (Å²) in [7, 11) is -2.08. The Balaban J connectivity index is 3.40. The number of amides is 2. The maximum absolute atomic E-state index is 12.8. The molecule has 0 aliphatic heterocycles. The number of ether oxygens (including phenoxy) is 2. The third kappa shape index (κ3) is 8.65. The lowest BCUT2D eigenvalue weighted by molar-refractivity contribution is -0.383. The van der Waals surface area contributed by atoms with Crippen molar-refractivity contribution < 1.29 is 24.0 Å². The molecule has 32 heavy (non-hydrogen) atoms. The van der Waals surface area contributed by atoms with Gasteiger partial charge in [-0.2, -0.15) is 0 Å². The Morgan fingerprint density at radius 2 is 1.62 bits per heavy atom. The van der Waals surface area contributed by atoms with Crippen LogP contribution in [-0.2, 0) is 16.0 Å². The van der Waals surface area contributed by atoms with Crippen molar-refractivity contribution in [1.82, 2.24) is 4.90 Å². The lowest BCUT2D eigenvalue weighted by Gasteiger charge is -2.27. The maximum atomic E-state index is 12.8. The van der Waals surface area contributed by atoms with Gasteiger partial charge in [0, 0.05) is 11.3 Å². The van der Waals surface area contributed by atoms with Crippen LogP contribution in [0.2, 0.25) is 19.6 Å². The standard InChI is InChI=1S/C21H34N4O6Si/c1-20(2,3)30-18(26)23-17(22)24(19(27)31-21(4,5)6)13-14-10-11-15(25(28)29)16(12-14)32(7,8)9/h10-12H,13H2,1-9H3,(H2,22,23,26). The van der Waals surface area contributed by atoms with Gasteiger partial charge in [-0.3, -0.25) is 10.1 Å². The molecule has 0 unspecified atom stereocenters. The van der Waals surface area contributed by atoms with Gasteiger partial charge in [-0.15, -0.1) is 4.99 Å². The number of nitrogens with zero attached hydrogens (tertiary/aromatic N) is 3. The third-order valence-corrected chi connectivity index (χ3v) is 5.91. The van der Waals surface area contributed by atoms with Crippen molar-refractivity contribution in [2.75, 3.05) is 0 Å². The van der Waals surface area contributed by atoms with E-state index in [4.69, 9.17) is 15.2 Å². The van der Waals surface area contributed by atoms with Crippen LogP contribution in [0.5, 0.6) is 0 Å². The summed E-state index contributed by atoms with van der Waals surface area (Å²) in [5, 5.41) is 12.1. The lowest BCUT2D eigenvalue weighted by Crippen LogP contribution is -2.45. The molecule has 0 radical (unpaired) electrons. The van der Waals surface area contributed by atoms with Crippen molar-refractivity contribution in [2.45, 2.75) is 78.9 Å². The van der Waals surface area contributed by atoms with Crippen LogP contribution in [0.1, 0.15) is 47.1 Å². The fourth-order valence-corrected chi connectivity index (χ4v) is 4.18. The van der Waals surface area contributed by atoms with Gasteiger partial charge >= 0.3 is 12.2 Å². The molecule has 0 heterocycles. The minimum Gasteiger partial charge on any atom is -0.443 e. The minimum absolute atomic E-state index is 0.0344. The van der Waals surface area contributed by atoms with E-state index in [0.717, 1.165) is 4.90 Å². The number of rotatable bonds is 4. The summed E-state index contributed by atoms with van der Waals surface area (Å²) in [5.41, 5.74) is 4.99. The molecule has 0 spiro atoms. The van der Waals surface area contributed by atoms with Gasteiger partial charge in [-0.05, 0) is 47.1 Å². The molecule has 11 heteroatoms. The summed E-state index contributed by atoms with van der Waals surface area (Å²) in [4.78, 5) is 40.7. The van der Waals surface area contributed by atoms with E-state index in [-0.39, 0.29) is 12.2 Å². The largest absolute Gasteiger partial charge is 0.443 e. The number of guanidine groups is 1. The first kappa shape index (κ1) is 27.1. The number of nitro groups is 1. The van der Waals surface area contributed by atoms with Gasteiger partial charge in [0.25, 0.3) is 5.69 Å². The zero-order valence-electron chi connectivity index (χ0n) is 20.3. The molecule has 1 aromatic rings. The monoisotopic (exact) mass is 466 g/mol. The van der Waals surface area contributed by atoms with Crippen molar-refractivity contribution in [3.63, 3.8) is 0 Å². The van der Waals surface area contributed by atoms with Gasteiger partial charge in [0.15, 0.2) is 0 Å². The molecule has 2 N–H and O–H groups in total. The van der Waals surface area contributed by atoms with Crippen molar-refractivity contribution in [3.8, 4) is 0 Å². The Morgan fingerprint density at radius 3 is 2.06 bits per heavy atom. The highest BCUT2D eigenvalue weighted by Gasteiger charge is 2.30. The van der Waals surface area contributed by atoms with Crippen LogP contribution in [0.15, 0.2) is 23.2 Å². The fourth-order valence-electron chi connectivity index (χ4n) is 2.62.